The van der Waals surface area contributed by atoms with Crippen molar-refractivity contribution in [3.05, 3.63) is 59.7 Å². The number of ketones is 1. The summed E-state index contributed by atoms with van der Waals surface area (Å²) in [6, 6.07) is 14.6. The first-order valence-electron chi connectivity index (χ1n) is 5.83. The van der Waals surface area contributed by atoms with Gasteiger partial charge in [0.15, 0.2) is 5.78 Å². The standard InChI is InChI=1S/C15H11ClO2S2/c1-10(17)11-6-2-4-8-13(11)19-20-14-9-5-3-7-12(14)15(16)18/h2-9H,1H3. The van der Waals surface area contributed by atoms with Crippen LogP contribution in [0.3, 0.4) is 0 Å². The quantitative estimate of drug-likeness (QED) is 0.437. The molecule has 0 radical (unpaired) electrons. The highest BCUT2D eigenvalue weighted by atomic mass is 35.5. The minimum atomic E-state index is -0.478. The minimum Gasteiger partial charge on any atom is -0.294 e. The molecule has 0 aliphatic carbocycles. The summed E-state index contributed by atoms with van der Waals surface area (Å²) in [5, 5.41) is -0.478. The van der Waals surface area contributed by atoms with Crippen molar-refractivity contribution < 1.29 is 9.59 Å². The number of carbonyl (C=O) groups excluding carboxylic acids is 2. The van der Waals surface area contributed by atoms with Crippen LogP contribution < -0.4 is 0 Å². The van der Waals surface area contributed by atoms with Crippen LogP contribution in [0.2, 0.25) is 0 Å². The molecule has 0 saturated carbocycles. The smallest absolute Gasteiger partial charge is 0.253 e. The topological polar surface area (TPSA) is 34.1 Å². The maximum absolute atomic E-state index is 11.6. The third kappa shape index (κ3) is 3.66. The Morgan fingerprint density at radius 1 is 0.850 bits per heavy atom. The van der Waals surface area contributed by atoms with Gasteiger partial charge in [-0.1, -0.05) is 51.9 Å². The van der Waals surface area contributed by atoms with Crippen molar-refractivity contribution in [1.29, 1.82) is 0 Å². The van der Waals surface area contributed by atoms with E-state index in [-0.39, 0.29) is 5.78 Å². The highest BCUT2D eigenvalue weighted by molar-refractivity contribution is 8.76. The molecule has 0 saturated heterocycles. The second kappa shape index (κ2) is 6.97. The number of carbonyl (C=O) groups is 2. The van der Waals surface area contributed by atoms with Crippen LogP contribution in [0.25, 0.3) is 0 Å². The lowest BCUT2D eigenvalue weighted by Crippen LogP contribution is -1.94. The number of halogens is 1. The van der Waals surface area contributed by atoms with Gasteiger partial charge >= 0.3 is 0 Å². The van der Waals surface area contributed by atoms with Crippen molar-refractivity contribution >= 4 is 44.2 Å². The van der Waals surface area contributed by atoms with E-state index in [1.807, 2.05) is 30.3 Å². The molecule has 0 amide bonds. The van der Waals surface area contributed by atoms with E-state index < -0.39 is 5.24 Å². The number of hydrogen-bond donors (Lipinski definition) is 0. The number of rotatable bonds is 5. The highest BCUT2D eigenvalue weighted by Crippen LogP contribution is 2.40. The molecule has 20 heavy (non-hydrogen) atoms. The van der Waals surface area contributed by atoms with E-state index in [2.05, 4.69) is 0 Å². The maximum atomic E-state index is 11.6. The fourth-order valence-corrected chi connectivity index (χ4v) is 4.25. The lowest BCUT2D eigenvalue weighted by Gasteiger charge is -2.07. The predicted molar refractivity (Wildman–Crippen MR) is 84.8 cm³/mol. The van der Waals surface area contributed by atoms with E-state index in [0.29, 0.717) is 11.1 Å². The molecule has 0 atom stereocenters. The number of hydrogen-bond acceptors (Lipinski definition) is 4. The van der Waals surface area contributed by atoms with Crippen molar-refractivity contribution in [2.45, 2.75) is 16.7 Å². The summed E-state index contributed by atoms with van der Waals surface area (Å²) in [6.07, 6.45) is 0. The van der Waals surface area contributed by atoms with Gasteiger partial charge < -0.3 is 0 Å². The number of benzene rings is 2. The van der Waals surface area contributed by atoms with Gasteiger partial charge in [0.2, 0.25) is 0 Å². The predicted octanol–water partition coefficient (Wildman–Crippen LogP) is 5.07. The summed E-state index contributed by atoms with van der Waals surface area (Å²) in [4.78, 5) is 24.6. The van der Waals surface area contributed by atoms with Crippen LogP contribution in [-0.2, 0) is 0 Å². The van der Waals surface area contributed by atoms with E-state index in [0.717, 1.165) is 9.79 Å². The zero-order valence-electron chi connectivity index (χ0n) is 10.6. The Morgan fingerprint density at radius 3 is 1.80 bits per heavy atom. The molecule has 0 aromatic heterocycles. The van der Waals surface area contributed by atoms with E-state index in [9.17, 15) is 9.59 Å². The molecule has 2 nitrogen and oxygen atoms in total. The molecule has 0 heterocycles. The van der Waals surface area contributed by atoms with Crippen LogP contribution in [0.5, 0.6) is 0 Å². The van der Waals surface area contributed by atoms with Crippen LogP contribution in [-0.4, -0.2) is 11.0 Å². The van der Waals surface area contributed by atoms with E-state index in [4.69, 9.17) is 11.6 Å². The molecule has 2 aromatic carbocycles. The Kier molecular flexibility index (Phi) is 5.29. The summed E-state index contributed by atoms with van der Waals surface area (Å²) in [6.45, 7) is 1.54. The van der Waals surface area contributed by atoms with Crippen LogP contribution in [0.15, 0.2) is 58.3 Å². The monoisotopic (exact) mass is 322 g/mol. The Bertz CT molecular complexity index is 598. The molecule has 0 unspecified atom stereocenters. The molecule has 0 bridgehead atoms. The molecule has 0 spiro atoms. The van der Waals surface area contributed by atoms with E-state index in [1.54, 1.807) is 25.1 Å². The molecule has 0 aliphatic rings. The third-order valence-electron chi connectivity index (χ3n) is 2.59. The summed E-state index contributed by atoms with van der Waals surface area (Å²) in [5.41, 5.74) is 1.16. The number of Topliss-reactive ketones (excluding diaryl/α,β-unsaturated/α-hetero) is 1. The van der Waals surface area contributed by atoms with Gasteiger partial charge in [-0.2, -0.15) is 0 Å². The first-order chi connectivity index (χ1) is 9.59. The molecule has 0 aliphatic heterocycles. The van der Waals surface area contributed by atoms with Crippen LogP contribution in [0.1, 0.15) is 27.6 Å². The molecular weight excluding hydrogens is 312 g/mol. The molecule has 0 fully saturated rings. The van der Waals surface area contributed by atoms with Crippen molar-refractivity contribution in [2.75, 3.05) is 0 Å². The summed E-state index contributed by atoms with van der Waals surface area (Å²) >= 11 is 5.56. The van der Waals surface area contributed by atoms with Crippen molar-refractivity contribution in [3.8, 4) is 0 Å². The molecule has 2 rings (SSSR count). The fraction of sp³-hybridized carbons (Fsp3) is 0.0667. The lowest BCUT2D eigenvalue weighted by molar-refractivity contribution is 0.101. The molecular formula is C15H11ClO2S2. The third-order valence-corrected chi connectivity index (χ3v) is 5.27. The summed E-state index contributed by atoms with van der Waals surface area (Å²) in [7, 11) is 2.86. The fourth-order valence-electron chi connectivity index (χ4n) is 1.62. The van der Waals surface area contributed by atoms with Gasteiger partial charge in [0.25, 0.3) is 5.24 Å². The van der Waals surface area contributed by atoms with E-state index in [1.165, 1.54) is 21.6 Å². The van der Waals surface area contributed by atoms with Crippen LogP contribution in [0.4, 0.5) is 0 Å². The normalized spacial score (nSPS) is 10.3. The zero-order valence-corrected chi connectivity index (χ0v) is 13.0. The van der Waals surface area contributed by atoms with Gasteiger partial charge in [0.05, 0.1) is 0 Å². The van der Waals surface area contributed by atoms with E-state index >= 15 is 0 Å². The zero-order chi connectivity index (χ0) is 14.5. The second-order valence-electron chi connectivity index (χ2n) is 3.99. The lowest BCUT2D eigenvalue weighted by atomic mass is 10.1. The average Bonchev–Trinajstić information content (AvgIpc) is 2.45. The van der Waals surface area contributed by atoms with Crippen LogP contribution in [0, 0.1) is 0 Å². The minimum absolute atomic E-state index is 0.0235. The van der Waals surface area contributed by atoms with Crippen molar-refractivity contribution in [2.24, 2.45) is 0 Å². The molecule has 5 heteroatoms. The summed E-state index contributed by atoms with van der Waals surface area (Å²) in [5.74, 6) is 0.0235. The van der Waals surface area contributed by atoms with Crippen molar-refractivity contribution in [1.82, 2.24) is 0 Å². The average molecular weight is 323 g/mol. The van der Waals surface area contributed by atoms with Gasteiger partial charge in [0.1, 0.15) is 0 Å². The second-order valence-corrected chi connectivity index (χ2v) is 6.55. The Labute approximate surface area is 130 Å². The first kappa shape index (κ1) is 15.2. The SMILES string of the molecule is CC(=O)c1ccccc1SSc1ccccc1C(=O)Cl. The van der Waals surface area contributed by atoms with Gasteiger partial charge in [-0.25, -0.2) is 0 Å². The Balaban J connectivity index is 2.22. The highest BCUT2D eigenvalue weighted by Gasteiger charge is 2.11. The van der Waals surface area contributed by atoms with Gasteiger partial charge in [-0.05, 0) is 36.7 Å². The van der Waals surface area contributed by atoms with Gasteiger partial charge in [0, 0.05) is 20.9 Å². The molecule has 2 aromatic rings. The molecule has 102 valence electrons. The summed E-state index contributed by atoms with van der Waals surface area (Å²) < 4.78 is 0. The Hall–Kier alpha value is -1.23. The maximum Gasteiger partial charge on any atom is 0.253 e. The molecule has 0 N–H and O–H groups in total. The first-order valence-corrected chi connectivity index (χ1v) is 8.35. The van der Waals surface area contributed by atoms with Gasteiger partial charge in [-0.15, -0.1) is 0 Å². The Morgan fingerprint density at radius 2 is 1.30 bits per heavy atom. The van der Waals surface area contributed by atoms with Crippen molar-refractivity contribution in [3.63, 3.8) is 0 Å². The van der Waals surface area contributed by atoms with Gasteiger partial charge in [-0.3, -0.25) is 9.59 Å². The largest absolute Gasteiger partial charge is 0.294 e. The van der Waals surface area contributed by atoms with Crippen LogP contribution >= 0.6 is 33.2 Å².